The summed E-state index contributed by atoms with van der Waals surface area (Å²) in [5.41, 5.74) is 0.882. The first-order chi connectivity index (χ1) is 13.7. The Hall–Kier alpha value is -2.22. The lowest BCUT2D eigenvalue weighted by Gasteiger charge is -2.42. The number of sulfonamides is 1. The van der Waals surface area contributed by atoms with Crippen LogP contribution in [-0.4, -0.2) is 52.5 Å². The molecule has 1 aliphatic heterocycles. The zero-order chi connectivity index (χ0) is 21.1. The van der Waals surface area contributed by atoms with Crippen molar-refractivity contribution in [3.8, 4) is 0 Å². The Morgan fingerprint density at radius 1 is 1.03 bits per heavy atom. The van der Waals surface area contributed by atoms with Crippen LogP contribution in [0.4, 0.5) is 0 Å². The minimum absolute atomic E-state index is 0.151. The number of amides is 1. The van der Waals surface area contributed by atoms with E-state index >= 15 is 0 Å². The number of carbonyl (C=O) groups excluding carboxylic acids is 1. The molecule has 1 atom stereocenters. The molecule has 0 spiro atoms. The molecule has 3 rings (SSSR count). The van der Waals surface area contributed by atoms with E-state index in [0.717, 1.165) is 41.5 Å². The molecule has 0 aromatic heterocycles. The van der Waals surface area contributed by atoms with E-state index in [0.29, 0.717) is 6.54 Å². The van der Waals surface area contributed by atoms with Crippen molar-refractivity contribution in [1.82, 2.24) is 10.0 Å². The number of benzene rings is 2. The molecule has 2 N–H and O–H groups in total. The standard InChI is InChI=1S/C22H29N3O3S/c1-18(26)24-22(19-10-5-4-6-11-19,17-25(3)14-7-8-15-25)20-12-9-13-21(16-20)29(27,28)23-2/h4-6,9-13,16,23H,7-8,14-15,17H2,1-3H3/p+1/t22-/m0/s1. The lowest BCUT2D eigenvalue weighted by molar-refractivity contribution is -0.901. The molecular weight excluding hydrogens is 386 g/mol. The lowest BCUT2D eigenvalue weighted by atomic mass is 9.81. The van der Waals surface area contributed by atoms with Crippen LogP contribution in [-0.2, 0) is 20.4 Å². The van der Waals surface area contributed by atoms with Crippen molar-refractivity contribution in [3.63, 3.8) is 0 Å². The molecule has 29 heavy (non-hydrogen) atoms. The average molecular weight is 417 g/mol. The Balaban J connectivity index is 2.24. The molecule has 0 unspecified atom stereocenters. The maximum Gasteiger partial charge on any atom is 0.240 e. The Morgan fingerprint density at radius 2 is 1.66 bits per heavy atom. The number of nitrogens with one attached hydrogen (secondary N) is 2. The number of rotatable bonds is 7. The van der Waals surface area contributed by atoms with Crippen LogP contribution in [0, 0.1) is 0 Å². The van der Waals surface area contributed by atoms with E-state index in [1.165, 1.54) is 14.0 Å². The molecule has 6 nitrogen and oxygen atoms in total. The summed E-state index contributed by atoms with van der Waals surface area (Å²) in [6.45, 7) is 4.22. The van der Waals surface area contributed by atoms with E-state index in [4.69, 9.17) is 0 Å². The number of hydrogen-bond acceptors (Lipinski definition) is 3. The number of likely N-dealkylation sites (tertiary alicyclic amines) is 1. The predicted octanol–water partition coefficient (Wildman–Crippen LogP) is 2.21. The summed E-state index contributed by atoms with van der Waals surface area (Å²) in [6, 6.07) is 16.7. The lowest BCUT2D eigenvalue weighted by Crippen LogP contribution is -2.59. The molecule has 1 heterocycles. The van der Waals surface area contributed by atoms with Crippen LogP contribution >= 0.6 is 0 Å². The summed E-state index contributed by atoms with van der Waals surface area (Å²) in [5.74, 6) is -0.151. The predicted molar refractivity (Wildman–Crippen MR) is 114 cm³/mol. The Bertz CT molecular complexity index is 970. The van der Waals surface area contributed by atoms with Gasteiger partial charge in [-0.25, -0.2) is 13.1 Å². The first kappa shape index (κ1) is 21.5. The van der Waals surface area contributed by atoms with Gasteiger partial charge in [-0.1, -0.05) is 42.5 Å². The summed E-state index contributed by atoms with van der Waals surface area (Å²) in [5, 5.41) is 3.20. The van der Waals surface area contributed by atoms with Crippen LogP contribution in [0.2, 0.25) is 0 Å². The van der Waals surface area contributed by atoms with E-state index in [9.17, 15) is 13.2 Å². The summed E-state index contributed by atoms with van der Waals surface area (Å²) in [4.78, 5) is 12.6. The number of hydrogen-bond donors (Lipinski definition) is 2. The Labute approximate surface area is 173 Å². The van der Waals surface area contributed by atoms with Crippen LogP contribution in [0.1, 0.15) is 30.9 Å². The highest BCUT2D eigenvalue weighted by Crippen LogP contribution is 2.35. The van der Waals surface area contributed by atoms with Gasteiger partial charge in [0.15, 0.2) is 0 Å². The van der Waals surface area contributed by atoms with Gasteiger partial charge in [0.2, 0.25) is 15.9 Å². The Morgan fingerprint density at radius 3 is 2.24 bits per heavy atom. The number of likely N-dealkylation sites (N-methyl/N-ethyl adjacent to an activating group) is 1. The SMILES string of the molecule is CNS(=O)(=O)c1cccc([C@@](C[N+]2(C)CCCC2)(NC(C)=O)c2ccccc2)c1. The van der Waals surface area contributed by atoms with Gasteiger partial charge in [-0.3, -0.25) is 4.79 Å². The summed E-state index contributed by atoms with van der Waals surface area (Å²) in [6.07, 6.45) is 2.30. The zero-order valence-corrected chi connectivity index (χ0v) is 18.1. The number of carbonyl (C=O) groups is 1. The molecule has 0 bridgehead atoms. The van der Waals surface area contributed by atoms with Crippen LogP contribution < -0.4 is 10.0 Å². The second-order valence-electron chi connectivity index (χ2n) is 8.12. The van der Waals surface area contributed by atoms with Gasteiger partial charge < -0.3 is 9.80 Å². The molecule has 1 fully saturated rings. The van der Waals surface area contributed by atoms with Gasteiger partial charge in [0, 0.05) is 19.8 Å². The first-order valence-corrected chi connectivity index (χ1v) is 11.4. The largest absolute Gasteiger partial charge is 0.338 e. The van der Waals surface area contributed by atoms with Gasteiger partial charge in [-0.15, -0.1) is 0 Å². The highest BCUT2D eigenvalue weighted by atomic mass is 32.2. The monoisotopic (exact) mass is 416 g/mol. The summed E-state index contributed by atoms with van der Waals surface area (Å²) in [7, 11) is 0.00665. The fourth-order valence-corrected chi connectivity index (χ4v) is 5.21. The number of quaternary nitrogens is 1. The van der Waals surface area contributed by atoms with Crippen molar-refractivity contribution in [2.24, 2.45) is 0 Å². The summed E-state index contributed by atoms with van der Waals surface area (Å²) >= 11 is 0. The van der Waals surface area contributed by atoms with Crippen molar-refractivity contribution >= 4 is 15.9 Å². The van der Waals surface area contributed by atoms with Crippen LogP contribution in [0.3, 0.4) is 0 Å². The van der Waals surface area contributed by atoms with E-state index in [-0.39, 0.29) is 10.8 Å². The Kier molecular flexibility index (Phi) is 6.12. The van der Waals surface area contributed by atoms with Crippen molar-refractivity contribution in [2.45, 2.75) is 30.2 Å². The third-order valence-electron chi connectivity index (χ3n) is 5.83. The normalized spacial score (nSPS) is 18.2. The van der Waals surface area contributed by atoms with E-state index in [1.54, 1.807) is 18.2 Å². The first-order valence-electron chi connectivity index (χ1n) is 9.93. The molecule has 7 heteroatoms. The van der Waals surface area contributed by atoms with Crippen LogP contribution in [0.5, 0.6) is 0 Å². The van der Waals surface area contributed by atoms with Gasteiger partial charge in [0.25, 0.3) is 0 Å². The molecule has 2 aromatic carbocycles. The van der Waals surface area contributed by atoms with Crippen molar-refractivity contribution in [1.29, 1.82) is 0 Å². The minimum Gasteiger partial charge on any atom is -0.338 e. The molecule has 1 amide bonds. The zero-order valence-electron chi connectivity index (χ0n) is 17.3. The van der Waals surface area contributed by atoms with Crippen molar-refractivity contribution in [2.75, 3.05) is 33.7 Å². The van der Waals surface area contributed by atoms with E-state index < -0.39 is 15.6 Å². The maximum absolute atomic E-state index is 12.4. The third kappa shape index (κ3) is 4.52. The fourth-order valence-electron chi connectivity index (χ4n) is 4.43. The molecule has 0 radical (unpaired) electrons. The van der Waals surface area contributed by atoms with Gasteiger partial charge in [0.05, 0.1) is 25.0 Å². The molecule has 1 aliphatic rings. The molecule has 0 saturated carbocycles. The molecule has 156 valence electrons. The van der Waals surface area contributed by atoms with Crippen LogP contribution in [0.25, 0.3) is 0 Å². The fraction of sp³-hybridized carbons (Fsp3) is 0.409. The quantitative estimate of drug-likeness (QED) is 0.680. The smallest absolute Gasteiger partial charge is 0.240 e. The summed E-state index contributed by atoms with van der Waals surface area (Å²) < 4.78 is 28.1. The van der Waals surface area contributed by atoms with Gasteiger partial charge in [0.1, 0.15) is 12.1 Å². The van der Waals surface area contributed by atoms with Crippen molar-refractivity contribution in [3.05, 3.63) is 65.7 Å². The van der Waals surface area contributed by atoms with Gasteiger partial charge in [-0.2, -0.15) is 0 Å². The van der Waals surface area contributed by atoms with E-state index in [1.807, 2.05) is 36.4 Å². The maximum atomic E-state index is 12.4. The second-order valence-corrected chi connectivity index (χ2v) is 10.0. The second kappa shape index (κ2) is 8.26. The molecule has 1 saturated heterocycles. The minimum atomic E-state index is -3.60. The molecular formula is C22H30N3O3S+. The van der Waals surface area contributed by atoms with Gasteiger partial charge >= 0.3 is 0 Å². The highest BCUT2D eigenvalue weighted by Gasteiger charge is 2.44. The van der Waals surface area contributed by atoms with Crippen LogP contribution in [0.15, 0.2) is 59.5 Å². The van der Waals surface area contributed by atoms with Gasteiger partial charge in [-0.05, 0) is 30.3 Å². The average Bonchev–Trinajstić information content (AvgIpc) is 3.13. The molecule has 0 aliphatic carbocycles. The molecule has 2 aromatic rings. The van der Waals surface area contributed by atoms with Crippen molar-refractivity contribution < 1.29 is 17.7 Å². The topological polar surface area (TPSA) is 75.3 Å². The third-order valence-corrected chi connectivity index (χ3v) is 7.24. The van der Waals surface area contributed by atoms with E-state index in [2.05, 4.69) is 17.1 Å². The highest BCUT2D eigenvalue weighted by molar-refractivity contribution is 7.89. The number of nitrogens with zero attached hydrogens (tertiary/aromatic N) is 1.